The van der Waals surface area contributed by atoms with Crippen molar-refractivity contribution in [2.75, 3.05) is 0 Å². The minimum Gasteiger partial charge on any atom is -0.335 e. The average molecular weight is 302 g/mol. The van der Waals surface area contributed by atoms with Crippen LogP contribution < -0.4 is 0 Å². The van der Waals surface area contributed by atoms with Gasteiger partial charge in [0.1, 0.15) is 5.78 Å². The van der Waals surface area contributed by atoms with Crippen molar-refractivity contribution >= 4 is 5.78 Å². The van der Waals surface area contributed by atoms with Gasteiger partial charge in [0.25, 0.3) is 0 Å². The summed E-state index contributed by atoms with van der Waals surface area (Å²) in [6.07, 6.45) is 7.52. The fourth-order valence-corrected chi connectivity index (χ4v) is 2.38. The van der Waals surface area contributed by atoms with Gasteiger partial charge >= 0.3 is 0 Å². The summed E-state index contributed by atoms with van der Waals surface area (Å²) < 4.78 is 4.05. The SMILES string of the molecule is CC(C(=O)C(C)c1cn(C(C)C)cn1)c1cn(C(C)C)cn1. The van der Waals surface area contributed by atoms with Crippen molar-refractivity contribution in [2.45, 2.75) is 65.5 Å². The summed E-state index contributed by atoms with van der Waals surface area (Å²) >= 11 is 0. The second-order valence-corrected chi connectivity index (χ2v) is 6.52. The first-order valence-electron chi connectivity index (χ1n) is 7.91. The van der Waals surface area contributed by atoms with Crippen LogP contribution in [0.1, 0.15) is 76.8 Å². The van der Waals surface area contributed by atoms with Crippen LogP contribution in [-0.2, 0) is 4.79 Å². The number of nitrogens with zero attached hydrogens (tertiary/aromatic N) is 4. The summed E-state index contributed by atoms with van der Waals surface area (Å²) in [6, 6.07) is 0.699. The Bertz CT molecular complexity index is 584. The van der Waals surface area contributed by atoms with Gasteiger partial charge in [0.05, 0.1) is 35.9 Å². The maximum atomic E-state index is 12.7. The average Bonchev–Trinajstić information content (AvgIpc) is 3.13. The molecule has 0 radical (unpaired) electrons. The van der Waals surface area contributed by atoms with E-state index >= 15 is 0 Å². The lowest BCUT2D eigenvalue weighted by atomic mass is 9.91. The highest BCUT2D eigenvalue weighted by molar-refractivity contribution is 5.90. The highest BCUT2D eigenvalue weighted by Crippen LogP contribution is 2.25. The molecule has 2 unspecified atom stereocenters. The molecule has 2 aromatic heterocycles. The Kier molecular flexibility index (Phi) is 4.84. The fraction of sp³-hybridized carbons (Fsp3) is 0.588. The lowest BCUT2D eigenvalue weighted by Crippen LogP contribution is -2.17. The predicted molar refractivity (Wildman–Crippen MR) is 87.1 cm³/mol. The van der Waals surface area contributed by atoms with E-state index in [1.807, 2.05) is 35.4 Å². The van der Waals surface area contributed by atoms with Crippen molar-refractivity contribution < 1.29 is 4.79 Å². The molecule has 0 bridgehead atoms. The zero-order valence-electron chi connectivity index (χ0n) is 14.3. The third-order valence-electron chi connectivity index (χ3n) is 4.18. The number of ketones is 1. The van der Waals surface area contributed by atoms with E-state index in [9.17, 15) is 4.79 Å². The third kappa shape index (κ3) is 3.29. The first-order valence-corrected chi connectivity index (χ1v) is 7.91. The number of rotatable bonds is 6. The molecule has 2 atom stereocenters. The molecule has 2 rings (SSSR count). The molecule has 22 heavy (non-hydrogen) atoms. The van der Waals surface area contributed by atoms with E-state index in [2.05, 4.69) is 37.7 Å². The van der Waals surface area contributed by atoms with Gasteiger partial charge in [-0.15, -0.1) is 0 Å². The molecule has 5 nitrogen and oxygen atoms in total. The highest BCUT2D eigenvalue weighted by atomic mass is 16.1. The number of Topliss-reactive ketones (excluding diaryl/α,β-unsaturated/α-hetero) is 1. The summed E-state index contributed by atoms with van der Waals surface area (Å²) in [6.45, 7) is 12.2. The van der Waals surface area contributed by atoms with Crippen molar-refractivity contribution in [3.05, 3.63) is 36.4 Å². The largest absolute Gasteiger partial charge is 0.335 e. The lowest BCUT2D eigenvalue weighted by Gasteiger charge is -2.13. The predicted octanol–water partition coefficient (Wildman–Crippen LogP) is 3.72. The Hall–Kier alpha value is -1.91. The maximum absolute atomic E-state index is 12.7. The zero-order chi connectivity index (χ0) is 16.4. The van der Waals surface area contributed by atoms with Crippen LogP contribution in [0, 0.1) is 0 Å². The van der Waals surface area contributed by atoms with Crippen molar-refractivity contribution in [1.29, 1.82) is 0 Å². The van der Waals surface area contributed by atoms with Crippen molar-refractivity contribution in [3.8, 4) is 0 Å². The second kappa shape index (κ2) is 6.46. The minimum atomic E-state index is -0.223. The van der Waals surface area contributed by atoms with Crippen LogP contribution in [0.4, 0.5) is 0 Å². The summed E-state index contributed by atoms with van der Waals surface area (Å²) in [4.78, 5) is 21.5. The molecule has 0 aromatic carbocycles. The van der Waals surface area contributed by atoms with E-state index < -0.39 is 0 Å². The van der Waals surface area contributed by atoms with Crippen LogP contribution in [0.15, 0.2) is 25.0 Å². The quantitative estimate of drug-likeness (QED) is 0.817. The fourth-order valence-electron chi connectivity index (χ4n) is 2.38. The van der Waals surface area contributed by atoms with Crippen LogP contribution in [0.2, 0.25) is 0 Å². The summed E-state index contributed by atoms with van der Waals surface area (Å²) in [5.41, 5.74) is 1.66. The van der Waals surface area contributed by atoms with Crippen LogP contribution >= 0.6 is 0 Å². The molecule has 2 aromatic rings. The molecule has 0 aliphatic heterocycles. The summed E-state index contributed by atoms with van der Waals surface area (Å²) in [5.74, 6) is -0.290. The first kappa shape index (κ1) is 16.5. The molecule has 0 saturated heterocycles. The normalized spacial score (nSPS) is 14.5. The van der Waals surface area contributed by atoms with Crippen LogP contribution in [0.5, 0.6) is 0 Å². The van der Waals surface area contributed by atoms with Gasteiger partial charge in [0.15, 0.2) is 0 Å². The van der Waals surface area contributed by atoms with Crippen molar-refractivity contribution in [2.24, 2.45) is 0 Å². The molecule has 0 aliphatic carbocycles. The first-order chi connectivity index (χ1) is 10.3. The van der Waals surface area contributed by atoms with Crippen LogP contribution in [0.25, 0.3) is 0 Å². The van der Waals surface area contributed by atoms with E-state index in [1.165, 1.54) is 0 Å². The summed E-state index contributed by atoms with van der Waals surface area (Å²) in [7, 11) is 0. The van der Waals surface area contributed by atoms with Gasteiger partial charge in [-0.3, -0.25) is 4.79 Å². The van der Waals surface area contributed by atoms with Gasteiger partial charge in [-0.25, -0.2) is 9.97 Å². The maximum Gasteiger partial charge on any atom is 0.150 e. The monoisotopic (exact) mass is 302 g/mol. The van der Waals surface area contributed by atoms with Crippen LogP contribution in [0.3, 0.4) is 0 Å². The number of carbonyl (C=O) groups is 1. The number of hydrogen-bond acceptors (Lipinski definition) is 3. The molecule has 2 heterocycles. The Morgan fingerprint density at radius 1 is 0.818 bits per heavy atom. The molecular weight excluding hydrogens is 276 g/mol. The van der Waals surface area contributed by atoms with E-state index in [4.69, 9.17) is 0 Å². The molecule has 5 heteroatoms. The Morgan fingerprint density at radius 2 is 1.18 bits per heavy atom. The Balaban J connectivity index is 2.14. The summed E-state index contributed by atoms with van der Waals surface area (Å²) in [5, 5.41) is 0. The Labute approximate surface area is 132 Å². The molecule has 0 amide bonds. The van der Waals surface area contributed by atoms with E-state index in [0.717, 1.165) is 11.4 Å². The zero-order valence-corrected chi connectivity index (χ0v) is 14.3. The highest BCUT2D eigenvalue weighted by Gasteiger charge is 2.26. The van der Waals surface area contributed by atoms with E-state index in [-0.39, 0.29) is 17.6 Å². The standard InChI is InChI=1S/C17H26N4O/c1-11(2)20-7-15(18-9-20)13(5)17(22)14(6)16-8-21(10-19-16)12(3)4/h7-14H,1-6H3. The molecule has 0 spiro atoms. The number of hydrogen-bond donors (Lipinski definition) is 0. The minimum absolute atomic E-state index is 0.156. The van der Waals surface area contributed by atoms with Gasteiger partial charge in [-0.1, -0.05) is 0 Å². The van der Waals surface area contributed by atoms with Gasteiger partial charge in [-0.05, 0) is 41.5 Å². The smallest absolute Gasteiger partial charge is 0.150 e. The van der Waals surface area contributed by atoms with Gasteiger partial charge in [-0.2, -0.15) is 0 Å². The Morgan fingerprint density at radius 3 is 1.45 bits per heavy atom. The molecule has 0 aliphatic rings. The van der Waals surface area contributed by atoms with Crippen LogP contribution in [-0.4, -0.2) is 24.9 Å². The molecule has 0 fully saturated rings. The van der Waals surface area contributed by atoms with Gasteiger partial charge < -0.3 is 9.13 Å². The van der Waals surface area contributed by atoms with Crippen molar-refractivity contribution in [3.63, 3.8) is 0 Å². The van der Waals surface area contributed by atoms with Gasteiger partial charge in [0.2, 0.25) is 0 Å². The third-order valence-corrected chi connectivity index (χ3v) is 4.18. The van der Waals surface area contributed by atoms with E-state index in [1.54, 1.807) is 12.7 Å². The second-order valence-electron chi connectivity index (χ2n) is 6.52. The lowest BCUT2D eigenvalue weighted by molar-refractivity contribution is -0.121. The van der Waals surface area contributed by atoms with E-state index in [0.29, 0.717) is 12.1 Å². The number of imidazole rings is 2. The molecule has 120 valence electrons. The van der Waals surface area contributed by atoms with Gasteiger partial charge in [0, 0.05) is 24.5 Å². The number of carbonyl (C=O) groups excluding carboxylic acids is 1. The molecule has 0 N–H and O–H groups in total. The molecular formula is C17H26N4O. The topological polar surface area (TPSA) is 52.7 Å². The number of aromatic nitrogens is 4. The molecule has 0 saturated carbocycles. The van der Waals surface area contributed by atoms with Crippen molar-refractivity contribution in [1.82, 2.24) is 19.1 Å².